The number of aromatic nitrogens is 2. The molecule has 0 radical (unpaired) electrons. The second-order valence-electron chi connectivity index (χ2n) is 4.66. The molecule has 20 heavy (non-hydrogen) atoms. The Morgan fingerprint density at radius 1 is 1.55 bits per heavy atom. The summed E-state index contributed by atoms with van der Waals surface area (Å²) in [4.78, 5) is 15.5. The lowest BCUT2D eigenvalue weighted by molar-refractivity contribution is 0.195. The van der Waals surface area contributed by atoms with Crippen LogP contribution in [0.15, 0.2) is 24.9 Å². The maximum absolute atomic E-state index is 12.0. The van der Waals surface area contributed by atoms with Crippen LogP contribution in [0, 0.1) is 0 Å². The maximum atomic E-state index is 12.0. The van der Waals surface area contributed by atoms with E-state index in [9.17, 15) is 4.79 Å². The molecule has 0 atom stereocenters. The molecular formula is C13H23N5O2. The van der Waals surface area contributed by atoms with Crippen molar-refractivity contribution in [3.05, 3.63) is 24.9 Å². The second kappa shape index (κ2) is 8.34. The highest BCUT2D eigenvalue weighted by Crippen LogP contribution is 2.04. The summed E-state index contributed by atoms with van der Waals surface area (Å²) < 4.78 is 1.78. The Balaban J connectivity index is 2.54. The molecule has 0 spiro atoms. The highest BCUT2D eigenvalue weighted by Gasteiger charge is 2.12. The van der Waals surface area contributed by atoms with E-state index in [1.807, 2.05) is 20.3 Å². The van der Waals surface area contributed by atoms with Crippen molar-refractivity contribution >= 4 is 11.8 Å². The van der Waals surface area contributed by atoms with Crippen molar-refractivity contribution in [1.29, 1.82) is 0 Å². The van der Waals surface area contributed by atoms with Crippen LogP contribution in [0.5, 0.6) is 0 Å². The number of urea groups is 1. The molecule has 0 aliphatic rings. The number of nitrogens with zero attached hydrogens (tertiary/aromatic N) is 4. The molecule has 1 aromatic heterocycles. The first-order valence-corrected chi connectivity index (χ1v) is 6.52. The predicted octanol–water partition coefficient (Wildman–Crippen LogP) is 0.457. The zero-order valence-electron chi connectivity index (χ0n) is 12.1. The van der Waals surface area contributed by atoms with Gasteiger partial charge in [-0.15, -0.1) is 6.58 Å². The first-order chi connectivity index (χ1) is 9.56. The minimum absolute atomic E-state index is 0.0848. The average Bonchev–Trinajstić information content (AvgIpc) is 2.83. The summed E-state index contributed by atoms with van der Waals surface area (Å²) in [6, 6.07) is 1.45. The molecule has 1 rings (SSSR count). The van der Waals surface area contributed by atoms with E-state index in [-0.39, 0.29) is 19.2 Å². The molecule has 0 bridgehead atoms. The summed E-state index contributed by atoms with van der Waals surface area (Å²) in [6.45, 7) is 5.79. The number of hydrogen-bond donors (Lipinski definition) is 2. The van der Waals surface area contributed by atoms with Crippen molar-refractivity contribution in [2.45, 2.75) is 6.54 Å². The maximum Gasteiger partial charge on any atom is 0.323 e. The summed E-state index contributed by atoms with van der Waals surface area (Å²) in [5.74, 6) is 0.501. The van der Waals surface area contributed by atoms with Crippen molar-refractivity contribution in [2.75, 3.05) is 45.7 Å². The normalized spacial score (nSPS) is 10.6. The largest absolute Gasteiger partial charge is 0.395 e. The number of likely N-dealkylation sites (N-methyl/N-ethyl adjacent to an activating group) is 1. The molecule has 2 amide bonds. The number of carbonyl (C=O) groups excluding carboxylic acids is 1. The molecule has 7 nitrogen and oxygen atoms in total. The average molecular weight is 281 g/mol. The minimum atomic E-state index is -0.295. The van der Waals surface area contributed by atoms with Crippen molar-refractivity contribution in [3.63, 3.8) is 0 Å². The quantitative estimate of drug-likeness (QED) is 0.679. The zero-order valence-corrected chi connectivity index (χ0v) is 12.1. The molecule has 2 N–H and O–H groups in total. The van der Waals surface area contributed by atoms with Gasteiger partial charge < -0.3 is 14.9 Å². The molecule has 0 fully saturated rings. The van der Waals surface area contributed by atoms with Crippen molar-refractivity contribution < 1.29 is 9.90 Å². The van der Waals surface area contributed by atoms with E-state index < -0.39 is 0 Å². The smallest absolute Gasteiger partial charge is 0.323 e. The lowest BCUT2D eigenvalue weighted by Gasteiger charge is -2.19. The van der Waals surface area contributed by atoms with Gasteiger partial charge in [0.05, 0.1) is 13.2 Å². The molecule has 1 aromatic rings. The lowest BCUT2D eigenvalue weighted by atomic mass is 10.5. The highest BCUT2D eigenvalue weighted by molar-refractivity contribution is 5.88. The Labute approximate surface area is 119 Å². The summed E-state index contributed by atoms with van der Waals surface area (Å²) in [6.07, 6.45) is 3.44. The topological polar surface area (TPSA) is 73.6 Å². The van der Waals surface area contributed by atoms with Gasteiger partial charge in [-0.05, 0) is 14.1 Å². The van der Waals surface area contributed by atoms with Crippen LogP contribution in [0.25, 0.3) is 0 Å². The second-order valence-corrected chi connectivity index (χ2v) is 4.66. The van der Waals surface area contributed by atoms with E-state index in [0.717, 1.165) is 13.1 Å². The number of carbonyl (C=O) groups is 1. The number of aliphatic hydroxyl groups excluding tert-OH is 1. The van der Waals surface area contributed by atoms with Crippen LogP contribution in [-0.2, 0) is 6.54 Å². The molecule has 0 aliphatic heterocycles. The lowest BCUT2D eigenvalue weighted by Crippen LogP contribution is -2.37. The fourth-order valence-electron chi connectivity index (χ4n) is 1.60. The molecule has 7 heteroatoms. The Hall–Kier alpha value is -1.86. The molecule has 112 valence electrons. The van der Waals surface area contributed by atoms with Gasteiger partial charge in [0.1, 0.15) is 0 Å². The number of amides is 2. The highest BCUT2D eigenvalue weighted by atomic mass is 16.3. The van der Waals surface area contributed by atoms with Gasteiger partial charge in [0.2, 0.25) is 0 Å². The van der Waals surface area contributed by atoms with Crippen LogP contribution in [0.1, 0.15) is 0 Å². The van der Waals surface area contributed by atoms with Crippen molar-refractivity contribution in [3.8, 4) is 0 Å². The molecule has 0 aromatic carbocycles. The standard InChI is InChI=1S/C13H23N5O2/c1-4-6-17(10-11-19)13(20)14-12-5-7-18(15-12)9-8-16(2)3/h4-5,7,19H,1,6,8-11H2,2-3H3,(H,14,15,20). The van der Waals surface area contributed by atoms with Crippen LogP contribution < -0.4 is 5.32 Å². The molecule has 1 heterocycles. The zero-order chi connectivity index (χ0) is 15.0. The number of aliphatic hydroxyl groups is 1. The van der Waals surface area contributed by atoms with Gasteiger partial charge in [0, 0.05) is 31.9 Å². The number of rotatable bonds is 8. The van der Waals surface area contributed by atoms with E-state index in [0.29, 0.717) is 12.4 Å². The fourth-order valence-corrected chi connectivity index (χ4v) is 1.60. The molecular weight excluding hydrogens is 258 g/mol. The van der Waals surface area contributed by atoms with Crippen LogP contribution in [0.4, 0.5) is 10.6 Å². The van der Waals surface area contributed by atoms with E-state index in [4.69, 9.17) is 5.11 Å². The molecule has 0 unspecified atom stereocenters. The van der Waals surface area contributed by atoms with Crippen molar-refractivity contribution in [1.82, 2.24) is 19.6 Å². The monoisotopic (exact) mass is 281 g/mol. The molecule has 0 saturated heterocycles. The number of hydrogen-bond acceptors (Lipinski definition) is 4. The Kier molecular flexibility index (Phi) is 6.75. The van der Waals surface area contributed by atoms with Crippen LogP contribution in [-0.4, -0.2) is 71.1 Å². The summed E-state index contributed by atoms with van der Waals surface area (Å²) in [7, 11) is 3.99. The Morgan fingerprint density at radius 2 is 2.30 bits per heavy atom. The predicted molar refractivity (Wildman–Crippen MR) is 78.7 cm³/mol. The summed E-state index contributed by atoms with van der Waals surface area (Å²) >= 11 is 0. The first kappa shape index (κ1) is 16.2. The van der Waals surface area contributed by atoms with Crippen molar-refractivity contribution in [2.24, 2.45) is 0 Å². The van der Waals surface area contributed by atoms with Crippen LogP contribution >= 0.6 is 0 Å². The van der Waals surface area contributed by atoms with E-state index in [1.54, 1.807) is 16.8 Å². The van der Waals surface area contributed by atoms with Gasteiger partial charge in [-0.1, -0.05) is 6.08 Å². The van der Waals surface area contributed by atoms with Gasteiger partial charge in [0.15, 0.2) is 5.82 Å². The summed E-state index contributed by atoms with van der Waals surface area (Å²) in [5.41, 5.74) is 0. The van der Waals surface area contributed by atoms with E-state index >= 15 is 0 Å². The van der Waals surface area contributed by atoms with E-state index in [1.165, 1.54) is 4.90 Å². The summed E-state index contributed by atoms with van der Waals surface area (Å²) in [5, 5.41) is 15.9. The molecule has 0 aliphatic carbocycles. The van der Waals surface area contributed by atoms with Crippen LogP contribution in [0.3, 0.4) is 0 Å². The van der Waals surface area contributed by atoms with Crippen LogP contribution in [0.2, 0.25) is 0 Å². The third-order valence-electron chi connectivity index (χ3n) is 2.66. The Bertz CT molecular complexity index is 430. The first-order valence-electron chi connectivity index (χ1n) is 6.52. The van der Waals surface area contributed by atoms with Gasteiger partial charge in [-0.3, -0.25) is 10.00 Å². The number of anilines is 1. The SMILES string of the molecule is C=CCN(CCO)C(=O)Nc1ccn(CCN(C)C)n1. The van der Waals surface area contributed by atoms with Gasteiger partial charge in [0.25, 0.3) is 0 Å². The third kappa shape index (κ3) is 5.41. The van der Waals surface area contributed by atoms with E-state index in [2.05, 4.69) is 21.9 Å². The van der Waals surface area contributed by atoms with Gasteiger partial charge in [-0.25, -0.2) is 4.79 Å². The van der Waals surface area contributed by atoms with Gasteiger partial charge in [-0.2, -0.15) is 5.10 Å². The fraction of sp³-hybridized carbons (Fsp3) is 0.538. The van der Waals surface area contributed by atoms with Gasteiger partial charge >= 0.3 is 6.03 Å². The minimum Gasteiger partial charge on any atom is -0.395 e. The number of nitrogens with one attached hydrogen (secondary N) is 1. The molecule has 0 saturated carbocycles. The third-order valence-corrected chi connectivity index (χ3v) is 2.66. The Morgan fingerprint density at radius 3 is 2.90 bits per heavy atom.